The highest BCUT2D eigenvalue weighted by atomic mass is 19.1. The molecule has 0 atom stereocenters. The number of hydrogen-bond donors (Lipinski definition) is 0. The van der Waals surface area contributed by atoms with Crippen LogP contribution >= 0.6 is 0 Å². The van der Waals surface area contributed by atoms with Crippen LogP contribution in [0.3, 0.4) is 0 Å². The van der Waals surface area contributed by atoms with Crippen molar-refractivity contribution >= 4 is 22.4 Å². The molecule has 0 saturated carbocycles. The fourth-order valence-electron chi connectivity index (χ4n) is 3.22. The number of amides is 1. The predicted molar refractivity (Wildman–Crippen MR) is 111 cm³/mol. The molecular weight excluding hydrogens is 369 g/mol. The van der Waals surface area contributed by atoms with Gasteiger partial charge in [-0.1, -0.05) is 42.5 Å². The minimum absolute atomic E-state index is 0.174. The summed E-state index contributed by atoms with van der Waals surface area (Å²) in [6, 6.07) is 20.8. The molecule has 1 aromatic heterocycles. The van der Waals surface area contributed by atoms with Gasteiger partial charge in [0.2, 0.25) is 5.43 Å². The van der Waals surface area contributed by atoms with E-state index in [1.807, 2.05) is 42.5 Å². The lowest BCUT2D eigenvalue weighted by atomic mass is 10.1. The molecule has 1 amide bonds. The van der Waals surface area contributed by atoms with E-state index in [1.165, 1.54) is 21.7 Å². The summed E-state index contributed by atoms with van der Waals surface area (Å²) in [5, 5.41) is 6.21. The van der Waals surface area contributed by atoms with E-state index in [2.05, 4.69) is 5.10 Å². The van der Waals surface area contributed by atoms with Crippen molar-refractivity contribution < 1.29 is 9.18 Å². The normalized spacial score (nSPS) is 10.9. The van der Waals surface area contributed by atoms with Crippen LogP contribution in [0.5, 0.6) is 0 Å². The van der Waals surface area contributed by atoms with Crippen LogP contribution in [-0.4, -0.2) is 22.7 Å². The third kappa shape index (κ3) is 3.40. The van der Waals surface area contributed by atoms with Gasteiger partial charge in [0.05, 0.1) is 0 Å². The number of nitrogens with zero attached hydrogens (tertiary/aromatic N) is 3. The number of fused-ring (bicyclic) bond motifs is 1. The number of halogens is 1. The Kier molecular flexibility index (Phi) is 4.68. The lowest BCUT2D eigenvalue weighted by molar-refractivity contribution is 0.0985. The Morgan fingerprint density at radius 3 is 2.41 bits per heavy atom. The zero-order valence-corrected chi connectivity index (χ0v) is 16.0. The molecule has 4 aromatic rings. The fraction of sp³-hybridized carbons (Fsp3) is 0.0870. The summed E-state index contributed by atoms with van der Waals surface area (Å²) >= 11 is 0. The van der Waals surface area contributed by atoms with E-state index in [9.17, 15) is 14.0 Å². The zero-order valence-electron chi connectivity index (χ0n) is 16.0. The van der Waals surface area contributed by atoms with Gasteiger partial charge in [0.1, 0.15) is 11.5 Å². The minimum Gasteiger partial charge on any atom is -0.310 e. The number of benzene rings is 3. The number of aromatic nitrogens is 2. The molecule has 4 rings (SSSR count). The van der Waals surface area contributed by atoms with Crippen LogP contribution in [0.25, 0.3) is 16.5 Å². The summed E-state index contributed by atoms with van der Waals surface area (Å²) in [4.78, 5) is 26.9. The maximum absolute atomic E-state index is 14.2. The van der Waals surface area contributed by atoms with Crippen molar-refractivity contribution in [3.05, 3.63) is 100 Å². The summed E-state index contributed by atoms with van der Waals surface area (Å²) in [6.45, 7) is 1.64. The number of aryl methyl sites for hydroxylation is 1. The number of carbonyl (C=O) groups is 1. The average Bonchev–Trinajstić information content (AvgIpc) is 2.73. The Morgan fingerprint density at radius 2 is 1.66 bits per heavy atom. The molecule has 0 unspecified atom stereocenters. The lowest BCUT2D eigenvalue weighted by Gasteiger charge is -2.18. The second-order valence-corrected chi connectivity index (χ2v) is 6.76. The van der Waals surface area contributed by atoms with Gasteiger partial charge in [-0.3, -0.25) is 9.59 Å². The number of carbonyl (C=O) groups excluding carboxylic acids is 1. The van der Waals surface area contributed by atoms with Crippen molar-refractivity contribution in [2.24, 2.45) is 0 Å². The first-order valence-electron chi connectivity index (χ1n) is 9.08. The standard InChI is InChI=1S/C23H18FN3O2/c1-15-13-21(28)22(25-27(15)20-10-6-5-9-19(20)24)23(29)26(2)18-12-11-16-7-3-4-8-17(16)14-18/h3-14H,1-2H3. The number of rotatable bonds is 3. The molecular formula is C23H18FN3O2. The third-order valence-corrected chi connectivity index (χ3v) is 4.82. The summed E-state index contributed by atoms with van der Waals surface area (Å²) < 4.78 is 15.5. The maximum Gasteiger partial charge on any atom is 0.282 e. The van der Waals surface area contributed by atoms with Crippen molar-refractivity contribution in [1.29, 1.82) is 0 Å². The molecule has 0 bridgehead atoms. The van der Waals surface area contributed by atoms with E-state index >= 15 is 0 Å². The SMILES string of the molecule is Cc1cc(=O)c(C(=O)N(C)c2ccc3ccccc3c2)nn1-c1ccccc1F. The number of para-hydroxylation sites is 1. The number of anilines is 1. The Morgan fingerprint density at radius 1 is 0.966 bits per heavy atom. The summed E-state index contributed by atoms with van der Waals surface area (Å²) in [7, 11) is 1.58. The smallest absolute Gasteiger partial charge is 0.282 e. The zero-order chi connectivity index (χ0) is 20.5. The van der Waals surface area contributed by atoms with Crippen LogP contribution in [0.2, 0.25) is 0 Å². The molecule has 144 valence electrons. The summed E-state index contributed by atoms with van der Waals surface area (Å²) in [5.74, 6) is -1.05. The van der Waals surface area contributed by atoms with E-state index in [-0.39, 0.29) is 11.4 Å². The molecule has 0 N–H and O–H groups in total. The third-order valence-electron chi connectivity index (χ3n) is 4.82. The van der Waals surface area contributed by atoms with Crippen LogP contribution in [-0.2, 0) is 0 Å². The van der Waals surface area contributed by atoms with E-state index < -0.39 is 17.2 Å². The molecule has 29 heavy (non-hydrogen) atoms. The first-order valence-corrected chi connectivity index (χ1v) is 9.08. The van der Waals surface area contributed by atoms with Gasteiger partial charge in [0, 0.05) is 24.5 Å². The predicted octanol–water partition coefficient (Wildman–Crippen LogP) is 4.11. The second kappa shape index (κ2) is 7.31. The van der Waals surface area contributed by atoms with E-state index in [0.29, 0.717) is 11.4 Å². The summed E-state index contributed by atoms with van der Waals surface area (Å²) in [5.41, 5.74) is 0.465. The molecule has 0 spiro atoms. The first-order chi connectivity index (χ1) is 14.0. The highest BCUT2D eigenvalue weighted by Crippen LogP contribution is 2.22. The van der Waals surface area contributed by atoms with Crippen LogP contribution in [0.1, 0.15) is 16.2 Å². The first kappa shape index (κ1) is 18.6. The molecule has 0 aliphatic rings. The Labute approximate surface area is 166 Å². The van der Waals surface area contributed by atoms with Gasteiger partial charge in [-0.2, -0.15) is 5.10 Å². The van der Waals surface area contributed by atoms with Crippen molar-refractivity contribution in [2.45, 2.75) is 6.92 Å². The van der Waals surface area contributed by atoms with E-state index in [4.69, 9.17) is 0 Å². The Hall–Kier alpha value is -3.80. The highest BCUT2D eigenvalue weighted by Gasteiger charge is 2.21. The van der Waals surface area contributed by atoms with Gasteiger partial charge >= 0.3 is 0 Å². The highest BCUT2D eigenvalue weighted by molar-refractivity contribution is 6.05. The average molecular weight is 387 g/mol. The van der Waals surface area contributed by atoms with Gasteiger partial charge in [-0.25, -0.2) is 9.07 Å². The Balaban J connectivity index is 1.77. The molecule has 0 fully saturated rings. The van der Waals surface area contributed by atoms with Crippen LogP contribution in [0, 0.1) is 12.7 Å². The molecule has 1 heterocycles. The second-order valence-electron chi connectivity index (χ2n) is 6.76. The lowest BCUT2D eigenvalue weighted by Crippen LogP contribution is -2.33. The van der Waals surface area contributed by atoms with Crippen molar-refractivity contribution in [2.75, 3.05) is 11.9 Å². The van der Waals surface area contributed by atoms with Gasteiger partial charge in [0.25, 0.3) is 5.91 Å². The molecule has 5 nitrogen and oxygen atoms in total. The van der Waals surface area contributed by atoms with Gasteiger partial charge in [-0.15, -0.1) is 0 Å². The van der Waals surface area contributed by atoms with Crippen LogP contribution < -0.4 is 10.3 Å². The molecule has 6 heteroatoms. The molecule has 0 saturated heterocycles. The topological polar surface area (TPSA) is 55.2 Å². The van der Waals surface area contributed by atoms with E-state index in [1.54, 1.807) is 32.2 Å². The van der Waals surface area contributed by atoms with Crippen molar-refractivity contribution in [1.82, 2.24) is 9.78 Å². The largest absolute Gasteiger partial charge is 0.310 e. The van der Waals surface area contributed by atoms with E-state index in [0.717, 1.165) is 10.8 Å². The maximum atomic E-state index is 14.2. The summed E-state index contributed by atoms with van der Waals surface area (Å²) in [6.07, 6.45) is 0. The van der Waals surface area contributed by atoms with Gasteiger partial charge < -0.3 is 4.90 Å². The van der Waals surface area contributed by atoms with Crippen LogP contribution in [0.15, 0.2) is 77.6 Å². The van der Waals surface area contributed by atoms with Crippen molar-refractivity contribution in [3.8, 4) is 5.69 Å². The van der Waals surface area contributed by atoms with Gasteiger partial charge in [0.15, 0.2) is 5.69 Å². The molecule has 0 radical (unpaired) electrons. The molecule has 0 aliphatic carbocycles. The minimum atomic E-state index is -0.560. The fourth-order valence-corrected chi connectivity index (χ4v) is 3.22. The quantitative estimate of drug-likeness (QED) is 0.532. The van der Waals surface area contributed by atoms with Crippen molar-refractivity contribution in [3.63, 3.8) is 0 Å². The molecule has 3 aromatic carbocycles. The van der Waals surface area contributed by atoms with Gasteiger partial charge in [-0.05, 0) is 42.0 Å². The van der Waals surface area contributed by atoms with Crippen LogP contribution in [0.4, 0.5) is 10.1 Å². The number of hydrogen-bond acceptors (Lipinski definition) is 3. The Bertz CT molecular complexity index is 1300. The molecule has 0 aliphatic heterocycles. The monoisotopic (exact) mass is 387 g/mol.